The lowest BCUT2D eigenvalue weighted by Gasteiger charge is -2.22. The van der Waals surface area contributed by atoms with Crippen LogP contribution >= 0.6 is 11.6 Å². The zero-order chi connectivity index (χ0) is 20.7. The topological polar surface area (TPSA) is 101 Å². The molecule has 2 atom stereocenters. The molecule has 8 heteroatoms. The third-order valence-electron chi connectivity index (χ3n) is 4.04. The van der Waals surface area contributed by atoms with Crippen molar-refractivity contribution in [3.63, 3.8) is 0 Å². The van der Waals surface area contributed by atoms with Gasteiger partial charge < -0.3 is 16.4 Å². The molecule has 0 aromatic heterocycles. The second kappa shape index (κ2) is 9.85. The minimum Gasteiger partial charge on any atom is -0.368 e. The third-order valence-corrected chi connectivity index (χ3v) is 4.27. The number of nitrogens with two attached hydrogens (primary N) is 1. The first kappa shape index (κ1) is 21.4. The highest BCUT2D eigenvalue weighted by atomic mass is 35.5. The standard InChI is InChI=1S/C20H21ClFN3O3/c1-12(26)24-18(10-13-5-7-16(22)8-6-13)20(28)25-17(19(23)27)11-14-3-2-4-15(21)9-14/h2-9,17-18H,10-11H2,1H3,(H2,23,27)(H,24,26)(H,25,28)/t17-,18+/m1/s1. The van der Waals surface area contributed by atoms with Crippen molar-refractivity contribution in [2.75, 3.05) is 0 Å². The molecule has 0 unspecified atom stereocenters. The molecule has 0 spiro atoms. The molecule has 148 valence electrons. The van der Waals surface area contributed by atoms with Gasteiger partial charge in [0.15, 0.2) is 0 Å². The molecule has 0 aliphatic carbocycles. The maximum absolute atomic E-state index is 13.1. The van der Waals surface area contributed by atoms with E-state index in [2.05, 4.69) is 10.6 Å². The number of rotatable bonds is 8. The van der Waals surface area contributed by atoms with Gasteiger partial charge in [0.1, 0.15) is 17.9 Å². The number of nitrogens with one attached hydrogen (secondary N) is 2. The Balaban J connectivity index is 2.12. The Morgan fingerprint density at radius 3 is 2.21 bits per heavy atom. The van der Waals surface area contributed by atoms with E-state index < -0.39 is 35.6 Å². The number of amides is 3. The summed E-state index contributed by atoms with van der Waals surface area (Å²) in [6.07, 6.45) is 0.291. The molecule has 0 fully saturated rings. The number of benzene rings is 2. The smallest absolute Gasteiger partial charge is 0.243 e. The lowest BCUT2D eigenvalue weighted by molar-refractivity contribution is -0.130. The third kappa shape index (κ3) is 6.66. The number of halogens is 2. The van der Waals surface area contributed by atoms with Crippen LogP contribution in [0.2, 0.25) is 5.02 Å². The highest BCUT2D eigenvalue weighted by Gasteiger charge is 2.25. The Kier molecular flexibility index (Phi) is 7.52. The number of primary amides is 1. The summed E-state index contributed by atoms with van der Waals surface area (Å²) >= 11 is 5.95. The molecular weight excluding hydrogens is 385 g/mol. The maximum atomic E-state index is 13.1. The van der Waals surface area contributed by atoms with Gasteiger partial charge in [0.2, 0.25) is 17.7 Å². The van der Waals surface area contributed by atoms with Crippen LogP contribution in [0, 0.1) is 5.82 Å². The second-order valence-electron chi connectivity index (χ2n) is 6.38. The van der Waals surface area contributed by atoms with E-state index in [0.29, 0.717) is 10.6 Å². The SMILES string of the molecule is CC(=O)N[C@@H](Cc1ccc(F)cc1)C(=O)N[C@H](Cc1cccc(Cl)c1)C(N)=O. The summed E-state index contributed by atoms with van der Waals surface area (Å²) in [5.74, 6) is -2.09. The highest BCUT2D eigenvalue weighted by Crippen LogP contribution is 2.13. The van der Waals surface area contributed by atoms with Crippen molar-refractivity contribution in [2.45, 2.75) is 31.8 Å². The normalized spacial score (nSPS) is 12.7. The molecule has 28 heavy (non-hydrogen) atoms. The van der Waals surface area contributed by atoms with Crippen molar-refractivity contribution < 1.29 is 18.8 Å². The van der Waals surface area contributed by atoms with Crippen LogP contribution in [0.25, 0.3) is 0 Å². The zero-order valence-corrected chi connectivity index (χ0v) is 16.0. The largest absolute Gasteiger partial charge is 0.368 e. The molecule has 0 aliphatic heterocycles. The van der Waals surface area contributed by atoms with Crippen LogP contribution in [0.5, 0.6) is 0 Å². The minimum absolute atomic E-state index is 0.133. The molecule has 3 amide bonds. The van der Waals surface area contributed by atoms with Crippen LogP contribution in [0.4, 0.5) is 4.39 Å². The van der Waals surface area contributed by atoms with E-state index in [1.807, 2.05) is 0 Å². The van der Waals surface area contributed by atoms with Gasteiger partial charge in [-0.25, -0.2) is 4.39 Å². The molecule has 4 N–H and O–H groups in total. The summed E-state index contributed by atoms with van der Waals surface area (Å²) < 4.78 is 13.1. The van der Waals surface area contributed by atoms with Crippen molar-refractivity contribution >= 4 is 29.3 Å². The average molecular weight is 406 g/mol. The van der Waals surface area contributed by atoms with E-state index in [9.17, 15) is 18.8 Å². The Morgan fingerprint density at radius 1 is 1.00 bits per heavy atom. The van der Waals surface area contributed by atoms with E-state index >= 15 is 0 Å². The van der Waals surface area contributed by atoms with E-state index in [-0.39, 0.29) is 12.8 Å². The van der Waals surface area contributed by atoms with E-state index in [4.69, 9.17) is 17.3 Å². The van der Waals surface area contributed by atoms with Gasteiger partial charge in [-0.05, 0) is 35.4 Å². The van der Waals surface area contributed by atoms with Crippen molar-refractivity contribution in [3.05, 3.63) is 70.5 Å². The lowest BCUT2D eigenvalue weighted by atomic mass is 10.0. The van der Waals surface area contributed by atoms with Crippen LogP contribution in [-0.4, -0.2) is 29.8 Å². The summed E-state index contributed by atoms with van der Waals surface area (Å²) in [6, 6.07) is 10.5. The number of hydrogen-bond acceptors (Lipinski definition) is 3. The molecule has 2 aromatic rings. The molecule has 0 saturated carbocycles. The first-order valence-corrected chi connectivity index (χ1v) is 8.98. The van der Waals surface area contributed by atoms with E-state index in [1.165, 1.54) is 31.2 Å². The van der Waals surface area contributed by atoms with Crippen molar-refractivity contribution in [1.82, 2.24) is 10.6 Å². The van der Waals surface area contributed by atoms with Gasteiger partial charge in [0, 0.05) is 24.8 Å². The lowest BCUT2D eigenvalue weighted by Crippen LogP contribution is -2.54. The van der Waals surface area contributed by atoms with Crippen molar-refractivity contribution in [3.8, 4) is 0 Å². The first-order valence-electron chi connectivity index (χ1n) is 8.60. The molecule has 2 rings (SSSR count). The summed E-state index contributed by atoms with van der Waals surface area (Å²) in [7, 11) is 0. The van der Waals surface area contributed by atoms with Crippen LogP contribution in [0.1, 0.15) is 18.1 Å². The maximum Gasteiger partial charge on any atom is 0.243 e. The second-order valence-corrected chi connectivity index (χ2v) is 6.82. The fraction of sp³-hybridized carbons (Fsp3) is 0.250. The minimum atomic E-state index is -0.976. The fourth-order valence-corrected chi connectivity index (χ4v) is 2.92. The predicted molar refractivity (Wildman–Crippen MR) is 104 cm³/mol. The highest BCUT2D eigenvalue weighted by molar-refractivity contribution is 6.30. The van der Waals surface area contributed by atoms with Crippen LogP contribution in [0.15, 0.2) is 48.5 Å². The molecule has 0 saturated heterocycles. The Hall–Kier alpha value is -2.93. The van der Waals surface area contributed by atoms with Crippen molar-refractivity contribution in [1.29, 1.82) is 0 Å². The Morgan fingerprint density at radius 2 is 1.64 bits per heavy atom. The summed E-state index contributed by atoms with van der Waals surface area (Å²) in [5, 5.41) is 5.62. The van der Waals surface area contributed by atoms with Crippen LogP contribution in [0.3, 0.4) is 0 Å². The predicted octanol–water partition coefficient (Wildman–Crippen LogP) is 1.74. The Bertz CT molecular complexity index is 858. The van der Waals surface area contributed by atoms with E-state index in [0.717, 1.165) is 5.56 Å². The van der Waals surface area contributed by atoms with Crippen LogP contribution in [-0.2, 0) is 27.2 Å². The summed E-state index contributed by atoms with van der Waals surface area (Å²) in [5.41, 5.74) is 6.81. The molecule has 0 bridgehead atoms. The summed E-state index contributed by atoms with van der Waals surface area (Å²) in [6.45, 7) is 1.28. The van der Waals surface area contributed by atoms with Crippen molar-refractivity contribution in [2.24, 2.45) is 5.73 Å². The van der Waals surface area contributed by atoms with E-state index in [1.54, 1.807) is 24.3 Å². The zero-order valence-electron chi connectivity index (χ0n) is 15.2. The quantitative estimate of drug-likeness (QED) is 0.623. The molecule has 6 nitrogen and oxygen atoms in total. The van der Waals surface area contributed by atoms with Gasteiger partial charge in [-0.3, -0.25) is 14.4 Å². The molecule has 0 heterocycles. The van der Waals surface area contributed by atoms with Gasteiger partial charge in [0.25, 0.3) is 0 Å². The average Bonchev–Trinajstić information content (AvgIpc) is 2.62. The van der Waals surface area contributed by atoms with Gasteiger partial charge >= 0.3 is 0 Å². The monoisotopic (exact) mass is 405 g/mol. The first-order chi connectivity index (χ1) is 13.2. The number of carbonyl (C=O) groups is 3. The van der Waals surface area contributed by atoms with Gasteiger partial charge in [-0.15, -0.1) is 0 Å². The van der Waals surface area contributed by atoms with Gasteiger partial charge in [-0.1, -0.05) is 35.9 Å². The molecule has 0 aliphatic rings. The fourth-order valence-electron chi connectivity index (χ4n) is 2.71. The van der Waals surface area contributed by atoms with Gasteiger partial charge in [-0.2, -0.15) is 0 Å². The number of carbonyl (C=O) groups excluding carboxylic acids is 3. The molecular formula is C20H21ClFN3O3. The molecule has 0 radical (unpaired) electrons. The Labute approximate surface area is 167 Å². The van der Waals surface area contributed by atoms with Gasteiger partial charge in [0.05, 0.1) is 0 Å². The molecule has 2 aromatic carbocycles. The number of hydrogen-bond donors (Lipinski definition) is 3. The summed E-state index contributed by atoms with van der Waals surface area (Å²) in [4.78, 5) is 36.0. The van der Waals surface area contributed by atoms with Crippen LogP contribution < -0.4 is 16.4 Å².